The summed E-state index contributed by atoms with van der Waals surface area (Å²) in [6.45, 7) is 4.77. The Morgan fingerprint density at radius 3 is 2.84 bits per heavy atom. The van der Waals surface area contributed by atoms with Gasteiger partial charge in [0, 0.05) is 16.6 Å². The van der Waals surface area contributed by atoms with Crippen molar-refractivity contribution in [3.05, 3.63) is 35.5 Å². The van der Waals surface area contributed by atoms with E-state index in [2.05, 4.69) is 41.5 Å². The summed E-state index contributed by atoms with van der Waals surface area (Å²) in [5.41, 5.74) is 3.46. The number of H-pyrrole nitrogens is 1. The summed E-state index contributed by atoms with van der Waals surface area (Å²) in [4.78, 5) is 15.3. The van der Waals surface area contributed by atoms with E-state index in [0.717, 1.165) is 30.5 Å². The molecule has 1 heterocycles. The summed E-state index contributed by atoms with van der Waals surface area (Å²) >= 11 is 0. The number of carbonyl (C=O) groups excluding carboxylic acids is 1. The Morgan fingerprint density at radius 2 is 2.16 bits per heavy atom. The SMILES string of the molecule is CCc1ccc2cc(CNC(=O)C3(C)CC3)[nH]c2c1. The van der Waals surface area contributed by atoms with Crippen LogP contribution in [-0.4, -0.2) is 10.9 Å². The maximum absolute atomic E-state index is 11.9. The van der Waals surface area contributed by atoms with Crippen molar-refractivity contribution in [3.63, 3.8) is 0 Å². The number of hydrogen-bond donors (Lipinski definition) is 2. The Kier molecular flexibility index (Phi) is 2.85. The Morgan fingerprint density at radius 1 is 1.37 bits per heavy atom. The summed E-state index contributed by atoms with van der Waals surface area (Å²) in [7, 11) is 0. The highest BCUT2D eigenvalue weighted by molar-refractivity contribution is 5.85. The molecule has 0 atom stereocenters. The van der Waals surface area contributed by atoms with Gasteiger partial charge in [-0.05, 0) is 42.3 Å². The Hall–Kier alpha value is -1.77. The topological polar surface area (TPSA) is 44.9 Å². The molecule has 100 valence electrons. The van der Waals surface area contributed by atoms with Crippen LogP contribution >= 0.6 is 0 Å². The molecule has 3 heteroatoms. The molecule has 1 aliphatic rings. The monoisotopic (exact) mass is 256 g/mol. The molecule has 2 N–H and O–H groups in total. The number of aryl methyl sites for hydroxylation is 1. The van der Waals surface area contributed by atoms with Crippen LogP contribution in [0, 0.1) is 5.41 Å². The Bertz CT molecular complexity index is 623. The molecule has 0 saturated heterocycles. The minimum absolute atomic E-state index is 0.0958. The number of rotatable bonds is 4. The molecule has 0 spiro atoms. The van der Waals surface area contributed by atoms with Gasteiger partial charge in [0.2, 0.25) is 5.91 Å². The van der Waals surface area contributed by atoms with Gasteiger partial charge < -0.3 is 10.3 Å². The highest BCUT2D eigenvalue weighted by Crippen LogP contribution is 2.45. The van der Waals surface area contributed by atoms with E-state index >= 15 is 0 Å². The molecule has 3 rings (SSSR count). The van der Waals surface area contributed by atoms with Crippen LogP contribution in [0.5, 0.6) is 0 Å². The van der Waals surface area contributed by atoms with Crippen LogP contribution in [0.3, 0.4) is 0 Å². The van der Waals surface area contributed by atoms with Gasteiger partial charge in [0.1, 0.15) is 0 Å². The number of fused-ring (bicyclic) bond motifs is 1. The lowest BCUT2D eigenvalue weighted by Gasteiger charge is -2.08. The zero-order valence-corrected chi connectivity index (χ0v) is 11.5. The van der Waals surface area contributed by atoms with E-state index in [0.29, 0.717) is 6.54 Å². The van der Waals surface area contributed by atoms with E-state index in [1.165, 1.54) is 10.9 Å². The molecule has 0 bridgehead atoms. The van der Waals surface area contributed by atoms with Crippen LogP contribution in [0.1, 0.15) is 37.9 Å². The first-order valence-corrected chi connectivity index (χ1v) is 6.99. The fraction of sp³-hybridized carbons (Fsp3) is 0.438. The second-order valence-corrected chi connectivity index (χ2v) is 5.81. The minimum Gasteiger partial charge on any atom is -0.357 e. The second kappa shape index (κ2) is 4.41. The number of hydrogen-bond acceptors (Lipinski definition) is 1. The number of benzene rings is 1. The van der Waals surface area contributed by atoms with Crippen LogP contribution < -0.4 is 5.32 Å². The number of nitrogens with one attached hydrogen (secondary N) is 2. The summed E-state index contributed by atoms with van der Waals surface area (Å²) in [6, 6.07) is 8.59. The van der Waals surface area contributed by atoms with Crippen molar-refractivity contribution in [2.45, 2.75) is 39.7 Å². The van der Waals surface area contributed by atoms with E-state index in [9.17, 15) is 4.79 Å². The highest BCUT2D eigenvalue weighted by Gasteiger charge is 2.44. The summed E-state index contributed by atoms with van der Waals surface area (Å²) < 4.78 is 0. The first-order valence-electron chi connectivity index (χ1n) is 6.99. The van der Waals surface area contributed by atoms with Crippen LogP contribution in [0.2, 0.25) is 0 Å². The summed E-state index contributed by atoms with van der Waals surface area (Å²) in [5, 5.41) is 4.23. The lowest BCUT2D eigenvalue weighted by atomic mass is 10.1. The van der Waals surface area contributed by atoms with E-state index in [4.69, 9.17) is 0 Å². The third-order valence-electron chi connectivity index (χ3n) is 4.14. The van der Waals surface area contributed by atoms with E-state index in [1.807, 2.05) is 6.92 Å². The van der Waals surface area contributed by atoms with Gasteiger partial charge in [-0.1, -0.05) is 26.0 Å². The summed E-state index contributed by atoms with van der Waals surface area (Å²) in [5.74, 6) is 0.181. The van der Waals surface area contributed by atoms with Crippen molar-refractivity contribution in [2.75, 3.05) is 0 Å². The number of aromatic amines is 1. The second-order valence-electron chi connectivity index (χ2n) is 5.81. The lowest BCUT2D eigenvalue weighted by molar-refractivity contribution is -0.125. The molecule has 1 saturated carbocycles. The standard InChI is InChI=1S/C16H20N2O/c1-3-11-4-5-12-9-13(18-14(12)8-11)10-17-15(19)16(2)6-7-16/h4-5,8-9,18H,3,6-7,10H2,1-2H3,(H,17,19). The molecule has 0 radical (unpaired) electrons. The fourth-order valence-electron chi connectivity index (χ4n) is 2.35. The number of aromatic nitrogens is 1. The smallest absolute Gasteiger partial charge is 0.226 e. The first kappa shape index (κ1) is 12.3. The predicted octanol–water partition coefficient (Wildman–Crippen LogP) is 3.15. The minimum atomic E-state index is -0.0958. The largest absolute Gasteiger partial charge is 0.357 e. The normalized spacial score (nSPS) is 16.5. The van der Waals surface area contributed by atoms with Crippen molar-refractivity contribution >= 4 is 16.8 Å². The zero-order valence-electron chi connectivity index (χ0n) is 11.5. The van der Waals surface area contributed by atoms with Crippen LogP contribution in [0.15, 0.2) is 24.3 Å². The molecular formula is C16H20N2O. The summed E-state index contributed by atoms with van der Waals surface area (Å²) in [6.07, 6.45) is 3.08. The van der Waals surface area contributed by atoms with Crippen LogP contribution in [0.4, 0.5) is 0 Å². The van der Waals surface area contributed by atoms with Crippen molar-refractivity contribution in [1.29, 1.82) is 0 Å². The lowest BCUT2D eigenvalue weighted by Crippen LogP contribution is -2.29. The third-order valence-corrected chi connectivity index (χ3v) is 4.14. The van der Waals surface area contributed by atoms with Gasteiger partial charge in [-0.2, -0.15) is 0 Å². The number of carbonyl (C=O) groups is 1. The van der Waals surface area contributed by atoms with Crippen LogP contribution in [-0.2, 0) is 17.8 Å². The van der Waals surface area contributed by atoms with Crippen molar-refractivity contribution in [3.8, 4) is 0 Å². The maximum atomic E-state index is 11.9. The maximum Gasteiger partial charge on any atom is 0.226 e. The average Bonchev–Trinajstić information content (AvgIpc) is 3.04. The van der Waals surface area contributed by atoms with Gasteiger partial charge in [0.05, 0.1) is 6.54 Å². The van der Waals surface area contributed by atoms with Gasteiger partial charge in [0.25, 0.3) is 0 Å². The van der Waals surface area contributed by atoms with Crippen LogP contribution in [0.25, 0.3) is 10.9 Å². The van der Waals surface area contributed by atoms with Gasteiger partial charge in [-0.15, -0.1) is 0 Å². The van der Waals surface area contributed by atoms with E-state index < -0.39 is 0 Å². The first-order chi connectivity index (χ1) is 9.10. The van der Waals surface area contributed by atoms with Crippen molar-refractivity contribution < 1.29 is 4.79 Å². The van der Waals surface area contributed by atoms with Gasteiger partial charge >= 0.3 is 0 Å². The molecule has 1 fully saturated rings. The quantitative estimate of drug-likeness (QED) is 0.867. The molecule has 1 aliphatic carbocycles. The molecule has 1 aromatic heterocycles. The molecule has 0 unspecified atom stereocenters. The third kappa shape index (κ3) is 2.37. The van der Waals surface area contributed by atoms with Gasteiger partial charge in [-0.3, -0.25) is 4.79 Å². The molecule has 3 nitrogen and oxygen atoms in total. The molecule has 0 aliphatic heterocycles. The highest BCUT2D eigenvalue weighted by atomic mass is 16.2. The van der Waals surface area contributed by atoms with Gasteiger partial charge in [0.15, 0.2) is 0 Å². The van der Waals surface area contributed by atoms with E-state index in [-0.39, 0.29) is 11.3 Å². The molecule has 2 aromatic rings. The molecule has 1 amide bonds. The zero-order chi connectivity index (χ0) is 13.5. The molecular weight excluding hydrogens is 236 g/mol. The van der Waals surface area contributed by atoms with Gasteiger partial charge in [-0.25, -0.2) is 0 Å². The molecule has 1 aromatic carbocycles. The van der Waals surface area contributed by atoms with Crippen molar-refractivity contribution in [2.24, 2.45) is 5.41 Å². The molecule has 19 heavy (non-hydrogen) atoms. The Labute approximate surface area is 113 Å². The Balaban J connectivity index is 1.72. The average molecular weight is 256 g/mol. The van der Waals surface area contributed by atoms with Crippen molar-refractivity contribution in [1.82, 2.24) is 10.3 Å². The van der Waals surface area contributed by atoms with E-state index in [1.54, 1.807) is 0 Å². The fourth-order valence-corrected chi connectivity index (χ4v) is 2.35. The predicted molar refractivity (Wildman–Crippen MR) is 76.9 cm³/mol. The number of amides is 1.